The van der Waals surface area contributed by atoms with Crippen molar-refractivity contribution in [3.05, 3.63) is 64.9 Å². The second-order valence-corrected chi connectivity index (χ2v) is 6.21. The first-order chi connectivity index (χ1) is 12.5. The molecule has 0 unspecified atom stereocenters. The third-order valence-electron chi connectivity index (χ3n) is 3.43. The molecule has 0 N–H and O–H groups in total. The van der Waals surface area contributed by atoms with Gasteiger partial charge >= 0.3 is 6.61 Å². The molecule has 1 aromatic carbocycles. The minimum absolute atomic E-state index is 0.109. The average molecular weight is 379 g/mol. The molecular formula is C19H19F2NO3S. The lowest BCUT2D eigenvalue weighted by molar-refractivity contribution is -0.126. The number of benzene rings is 1. The van der Waals surface area contributed by atoms with Crippen molar-refractivity contribution in [3.8, 4) is 11.5 Å². The monoisotopic (exact) mass is 379 g/mol. The minimum atomic E-state index is -3.00. The van der Waals surface area contributed by atoms with Gasteiger partial charge in [-0.3, -0.25) is 4.79 Å². The van der Waals surface area contributed by atoms with Gasteiger partial charge in [-0.05, 0) is 23.6 Å². The van der Waals surface area contributed by atoms with Crippen LogP contribution in [0.2, 0.25) is 0 Å². The molecule has 2 rings (SSSR count). The lowest BCUT2D eigenvalue weighted by atomic mass is 10.1. The van der Waals surface area contributed by atoms with Crippen molar-refractivity contribution >= 4 is 23.3 Å². The summed E-state index contributed by atoms with van der Waals surface area (Å²) in [5.74, 6) is -0.201. The van der Waals surface area contributed by atoms with E-state index in [-0.39, 0.29) is 17.4 Å². The molecule has 0 spiro atoms. The zero-order valence-electron chi connectivity index (χ0n) is 14.2. The summed E-state index contributed by atoms with van der Waals surface area (Å²) in [6.07, 6.45) is 4.40. The number of carbonyl (C=O) groups is 1. The highest BCUT2D eigenvalue weighted by Crippen LogP contribution is 2.33. The van der Waals surface area contributed by atoms with Gasteiger partial charge in [0.25, 0.3) is 0 Å². The number of nitrogens with zero attached hydrogens (tertiary/aromatic N) is 1. The Hall–Kier alpha value is -2.67. The number of hydrogen-bond acceptors (Lipinski definition) is 4. The van der Waals surface area contributed by atoms with Crippen LogP contribution in [0, 0.1) is 0 Å². The Balaban J connectivity index is 2.20. The normalized spacial score (nSPS) is 10.9. The topological polar surface area (TPSA) is 38.8 Å². The van der Waals surface area contributed by atoms with E-state index in [9.17, 15) is 13.6 Å². The van der Waals surface area contributed by atoms with Crippen molar-refractivity contribution < 1.29 is 23.0 Å². The molecule has 0 aliphatic carbocycles. The SMILES string of the molecule is C=CCN(Cc1cccs1)C(=O)/C=C\c1cccc(OC)c1OC(F)F. The van der Waals surface area contributed by atoms with Crippen LogP contribution in [0.1, 0.15) is 10.4 Å². The standard InChI is InChI=1S/C19H19F2NO3S/c1-3-11-22(13-15-7-5-12-26-15)17(23)10-9-14-6-4-8-16(24-2)18(14)25-19(20)21/h3-10,12,19H,1,11,13H2,2H3/b10-9-. The summed E-state index contributed by atoms with van der Waals surface area (Å²) >= 11 is 1.55. The number of rotatable bonds is 9. The Bertz CT molecular complexity index is 760. The summed E-state index contributed by atoms with van der Waals surface area (Å²) in [6.45, 7) is 1.49. The highest BCUT2D eigenvalue weighted by molar-refractivity contribution is 7.09. The van der Waals surface area contributed by atoms with Crippen LogP contribution >= 0.6 is 11.3 Å². The highest BCUT2D eigenvalue weighted by atomic mass is 32.1. The van der Waals surface area contributed by atoms with Crippen molar-refractivity contribution in [2.24, 2.45) is 0 Å². The Labute approximate surface area is 155 Å². The number of hydrogen-bond donors (Lipinski definition) is 0. The predicted octanol–water partition coefficient (Wildman–Crippen LogP) is 4.59. The van der Waals surface area contributed by atoms with Crippen LogP contribution in [0.4, 0.5) is 8.78 Å². The molecule has 0 aliphatic rings. The Morgan fingerprint density at radius 2 is 2.15 bits per heavy atom. The van der Waals surface area contributed by atoms with Gasteiger partial charge in [0.05, 0.1) is 13.7 Å². The molecule has 26 heavy (non-hydrogen) atoms. The second-order valence-electron chi connectivity index (χ2n) is 5.18. The number of carbonyl (C=O) groups excluding carboxylic acids is 1. The van der Waals surface area contributed by atoms with Crippen LogP contribution in [0.25, 0.3) is 6.08 Å². The zero-order chi connectivity index (χ0) is 18.9. The summed E-state index contributed by atoms with van der Waals surface area (Å²) in [7, 11) is 1.36. The second kappa shape index (κ2) is 9.72. The fourth-order valence-electron chi connectivity index (χ4n) is 2.29. The van der Waals surface area contributed by atoms with E-state index >= 15 is 0 Å². The maximum Gasteiger partial charge on any atom is 0.387 e. The lowest BCUT2D eigenvalue weighted by Gasteiger charge is -2.18. The highest BCUT2D eigenvalue weighted by Gasteiger charge is 2.15. The number of amides is 1. The number of halogens is 2. The number of para-hydroxylation sites is 1. The molecule has 0 bridgehead atoms. The maximum absolute atomic E-state index is 12.7. The van der Waals surface area contributed by atoms with E-state index in [1.54, 1.807) is 34.4 Å². The first kappa shape index (κ1) is 19.7. The van der Waals surface area contributed by atoms with Crippen molar-refractivity contribution in [2.75, 3.05) is 13.7 Å². The van der Waals surface area contributed by atoms with Gasteiger partial charge in [0.2, 0.25) is 5.91 Å². The van der Waals surface area contributed by atoms with Gasteiger partial charge in [0.1, 0.15) is 0 Å². The van der Waals surface area contributed by atoms with Crippen LogP contribution in [-0.4, -0.2) is 31.1 Å². The van der Waals surface area contributed by atoms with Crippen LogP contribution in [0.3, 0.4) is 0 Å². The fourth-order valence-corrected chi connectivity index (χ4v) is 3.00. The van der Waals surface area contributed by atoms with Gasteiger partial charge in [-0.2, -0.15) is 8.78 Å². The van der Waals surface area contributed by atoms with E-state index in [4.69, 9.17) is 4.74 Å². The van der Waals surface area contributed by atoms with Crippen LogP contribution in [-0.2, 0) is 11.3 Å². The van der Waals surface area contributed by atoms with E-state index in [2.05, 4.69) is 11.3 Å². The summed E-state index contributed by atoms with van der Waals surface area (Å²) < 4.78 is 34.9. The van der Waals surface area contributed by atoms with Gasteiger partial charge in [-0.15, -0.1) is 17.9 Å². The fraction of sp³-hybridized carbons (Fsp3) is 0.211. The molecule has 7 heteroatoms. The Morgan fingerprint density at radius 3 is 2.77 bits per heavy atom. The van der Waals surface area contributed by atoms with Crippen molar-refractivity contribution in [1.82, 2.24) is 4.90 Å². The first-order valence-corrected chi connectivity index (χ1v) is 8.65. The van der Waals surface area contributed by atoms with E-state index in [0.717, 1.165) is 4.88 Å². The van der Waals surface area contributed by atoms with Crippen molar-refractivity contribution in [2.45, 2.75) is 13.2 Å². The van der Waals surface area contributed by atoms with Crippen molar-refractivity contribution in [3.63, 3.8) is 0 Å². The molecule has 1 amide bonds. The Kier molecular flexibility index (Phi) is 7.35. The van der Waals surface area contributed by atoms with E-state index < -0.39 is 6.61 Å². The quantitative estimate of drug-likeness (QED) is 0.473. The molecule has 0 aliphatic heterocycles. The third kappa shape index (κ3) is 5.42. The van der Waals surface area contributed by atoms with Crippen molar-refractivity contribution in [1.29, 1.82) is 0 Å². The largest absolute Gasteiger partial charge is 0.493 e. The molecule has 0 saturated heterocycles. The van der Waals surface area contributed by atoms with E-state index in [1.165, 1.54) is 25.3 Å². The van der Waals surface area contributed by atoms with Gasteiger partial charge in [-0.1, -0.05) is 24.3 Å². The molecule has 1 aromatic heterocycles. The lowest BCUT2D eigenvalue weighted by Crippen LogP contribution is -2.28. The predicted molar refractivity (Wildman–Crippen MR) is 98.6 cm³/mol. The zero-order valence-corrected chi connectivity index (χ0v) is 15.0. The van der Waals surface area contributed by atoms with Gasteiger partial charge in [0.15, 0.2) is 11.5 Å². The smallest absolute Gasteiger partial charge is 0.387 e. The van der Waals surface area contributed by atoms with E-state index in [0.29, 0.717) is 18.7 Å². The molecular weight excluding hydrogens is 360 g/mol. The van der Waals surface area contributed by atoms with Crippen LogP contribution in [0.15, 0.2) is 54.4 Å². The van der Waals surface area contributed by atoms with Gasteiger partial charge < -0.3 is 14.4 Å². The van der Waals surface area contributed by atoms with E-state index in [1.807, 2.05) is 17.5 Å². The summed E-state index contributed by atoms with van der Waals surface area (Å²) in [4.78, 5) is 15.1. The minimum Gasteiger partial charge on any atom is -0.493 e. The van der Waals surface area contributed by atoms with Gasteiger partial charge in [-0.25, -0.2) is 0 Å². The molecule has 4 nitrogen and oxygen atoms in total. The number of thiophene rings is 1. The van der Waals surface area contributed by atoms with Gasteiger partial charge in [0, 0.05) is 23.1 Å². The molecule has 2 aromatic rings. The molecule has 1 heterocycles. The first-order valence-electron chi connectivity index (χ1n) is 7.77. The third-order valence-corrected chi connectivity index (χ3v) is 4.29. The number of ether oxygens (including phenoxy) is 2. The summed E-state index contributed by atoms with van der Waals surface area (Å²) in [5.41, 5.74) is 0.327. The summed E-state index contributed by atoms with van der Waals surface area (Å²) in [5, 5.41) is 1.94. The Morgan fingerprint density at radius 1 is 1.35 bits per heavy atom. The molecule has 0 fully saturated rings. The summed E-state index contributed by atoms with van der Waals surface area (Å²) in [6, 6.07) is 8.57. The number of methoxy groups -OCH3 is 1. The molecule has 0 radical (unpaired) electrons. The maximum atomic E-state index is 12.7. The molecule has 138 valence electrons. The van der Waals surface area contributed by atoms with Crippen LogP contribution < -0.4 is 9.47 Å². The average Bonchev–Trinajstić information content (AvgIpc) is 3.12. The number of alkyl halides is 2. The molecule has 0 saturated carbocycles. The molecule has 0 atom stereocenters. The van der Waals surface area contributed by atoms with Crippen LogP contribution in [0.5, 0.6) is 11.5 Å².